The molecule has 1 unspecified atom stereocenters. The minimum atomic E-state index is 0.200. The molecule has 0 bridgehead atoms. The Labute approximate surface area is 96.8 Å². The van der Waals surface area contributed by atoms with E-state index in [4.69, 9.17) is 9.47 Å². The molecule has 0 amide bonds. The Kier molecular flexibility index (Phi) is 3.80. The zero-order chi connectivity index (χ0) is 11.4. The van der Waals surface area contributed by atoms with Gasteiger partial charge in [0.15, 0.2) is 0 Å². The minimum Gasteiger partial charge on any atom is -0.491 e. The molecule has 0 aromatic heterocycles. The van der Waals surface area contributed by atoms with Crippen LogP contribution in [0.1, 0.15) is 25.5 Å². The van der Waals surface area contributed by atoms with Crippen molar-refractivity contribution in [1.29, 1.82) is 0 Å². The van der Waals surface area contributed by atoms with Crippen LogP contribution in [0.15, 0.2) is 24.3 Å². The van der Waals surface area contributed by atoms with Crippen LogP contribution in [0.4, 0.5) is 0 Å². The van der Waals surface area contributed by atoms with E-state index in [1.54, 1.807) is 0 Å². The fourth-order valence-electron chi connectivity index (χ4n) is 1.89. The molecular weight excluding hydrogens is 202 g/mol. The lowest BCUT2D eigenvalue weighted by atomic mass is 10.1. The fraction of sp³-hybridized carbons (Fsp3) is 0.538. The highest BCUT2D eigenvalue weighted by atomic mass is 16.5. The van der Waals surface area contributed by atoms with Crippen LogP contribution in [0.25, 0.3) is 0 Å². The van der Waals surface area contributed by atoms with Crippen LogP contribution in [0, 0.1) is 0 Å². The van der Waals surface area contributed by atoms with Gasteiger partial charge in [0.25, 0.3) is 0 Å². The first-order valence-electron chi connectivity index (χ1n) is 5.84. The predicted molar refractivity (Wildman–Crippen MR) is 63.8 cm³/mol. The molecule has 1 fully saturated rings. The van der Waals surface area contributed by atoms with Crippen molar-refractivity contribution in [3.8, 4) is 5.75 Å². The van der Waals surface area contributed by atoms with Crippen LogP contribution < -0.4 is 10.1 Å². The summed E-state index contributed by atoms with van der Waals surface area (Å²) in [4.78, 5) is 0. The average molecular weight is 221 g/mol. The zero-order valence-electron chi connectivity index (χ0n) is 9.90. The Morgan fingerprint density at radius 3 is 2.88 bits per heavy atom. The smallest absolute Gasteiger partial charge is 0.124 e. The number of ether oxygens (including phenoxy) is 2. The summed E-state index contributed by atoms with van der Waals surface area (Å²) >= 11 is 0. The third-order valence-corrected chi connectivity index (χ3v) is 2.58. The van der Waals surface area contributed by atoms with Gasteiger partial charge in [0.1, 0.15) is 5.75 Å². The summed E-state index contributed by atoms with van der Waals surface area (Å²) in [6, 6.07) is 8.42. The molecular formula is C13H19NO2. The largest absolute Gasteiger partial charge is 0.491 e. The number of benzene rings is 1. The van der Waals surface area contributed by atoms with Crippen LogP contribution in [-0.4, -0.2) is 25.9 Å². The van der Waals surface area contributed by atoms with Gasteiger partial charge in [-0.05, 0) is 19.9 Å². The highest BCUT2D eigenvalue weighted by molar-refractivity contribution is 5.36. The van der Waals surface area contributed by atoms with Crippen LogP contribution >= 0.6 is 0 Å². The van der Waals surface area contributed by atoms with E-state index < -0.39 is 0 Å². The molecule has 0 saturated carbocycles. The topological polar surface area (TPSA) is 30.5 Å². The van der Waals surface area contributed by atoms with E-state index in [1.807, 2.05) is 32.0 Å². The van der Waals surface area contributed by atoms with Gasteiger partial charge in [0, 0.05) is 12.1 Å². The first-order chi connectivity index (χ1) is 7.77. The molecule has 1 atom stereocenters. The molecule has 88 valence electrons. The van der Waals surface area contributed by atoms with Gasteiger partial charge in [-0.15, -0.1) is 0 Å². The molecule has 1 saturated heterocycles. The van der Waals surface area contributed by atoms with Gasteiger partial charge < -0.3 is 14.8 Å². The lowest BCUT2D eigenvalue weighted by Gasteiger charge is -2.26. The maximum Gasteiger partial charge on any atom is 0.124 e. The Balaban J connectivity index is 2.17. The Morgan fingerprint density at radius 2 is 2.19 bits per heavy atom. The van der Waals surface area contributed by atoms with Crippen molar-refractivity contribution in [2.75, 3.05) is 19.8 Å². The predicted octanol–water partition coefficient (Wildman–Crippen LogP) is 2.13. The summed E-state index contributed by atoms with van der Waals surface area (Å²) in [6.45, 7) is 6.51. The van der Waals surface area contributed by atoms with Crippen molar-refractivity contribution in [2.24, 2.45) is 0 Å². The zero-order valence-corrected chi connectivity index (χ0v) is 9.90. The third kappa shape index (κ3) is 2.74. The normalized spacial score (nSPS) is 21.1. The number of rotatable bonds is 3. The second kappa shape index (κ2) is 5.32. The second-order valence-electron chi connectivity index (χ2n) is 4.29. The van der Waals surface area contributed by atoms with Crippen molar-refractivity contribution < 1.29 is 9.47 Å². The van der Waals surface area contributed by atoms with E-state index in [0.717, 1.165) is 25.5 Å². The molecule has 3 heteroatoms. The maximum absolute atomic E-state index is 5.80. The van der Waals surface area contributed by atoms with Gasteiger partial charge in [0.2, 0.25) is 0 Å². The molecule has 1 heterocycles. The summed E-state index contributed by atoms with van der Waals surface area (Å²) in [7, 11) is 0. The monoisotopic (exact) mass is 221 g/mol. The summed E-state index contributed by atoms with van der Waals surface area (Å²) in [5.74, 6) is 0.959. The van der Waals surface area contributed by atoms with E-state index in [0.29, 0.717) is 0 Å². The van der Waals surface area contributed by atoms with Crippen LogP contribution in [-0.2, 0) is 4.74 Å². The third-order valence-electron chi connectivity index (χ3n) is 2.58. The Morgan fingerprint density at radius 1 is 1.38 bits per heavy atom. The van der Waals surface area contributed by atoms with Gasteiger partial charge in [-0.3, -0.25) is 0 Å². The van der Waals surface area contributed by atoms with Crippen molar-refractivity contribution in [3.63, 3.8) is 0 Å². The van der Waals surface area contributed by atoms with Crippen molar-refractivity contribution in [1.82, 2.24) is 5.32 Å². The number of morpholine rings is 1. The van der Waals surface area contributed by atoms with Gasteiger partial charge in [-0.25, -0.2) is 0 Å². The van der Waals surface area contributed by atoms with E-state index in [2.05, 4.69) is 11.4 Å². The van der Waals surface area contributed by atoms with Crippen LogP contribution in [0.3, 0.4) is 0 Å². The van der Waals surface area contributed by atoms with Crippen LogP contribution in [0.2, 0.25) is 0 Å². The maximum atomic E-state index is 5.80. The number of hydrogen-bond donors (Lipinski definition) is 1. The Bertz CT molecular complexity index is 332. The molecule has 0 radical (unpaired) electrons. The summed E-state index contributed by atoms with van der Waals surface area (Å²) in [6.07, 6.45) is 0.200. The van der Waals surface area contributed by atoms with E-state index in [-0.39, 0.29) is 12.1 Å². The molecule has 1 aromatic carbocycles. The molecule has 1 aliphatic heterocycles. The highest BCUT2D eigenvalue weighted by Crippen LogP contribution is 2.27. The summed E-state index contributed by atoms with van der Waals surface area (Å²) in [5.41, 5.74) is 1.19. The fourth-order valence-corrected chi connectivity index (χ4v) is 1.89. The van der Waals surface area contributed by atoms with Crippen LogP contribution in [0.5, 0.6) is 5.75 Å². The first-order valence-corrected chi connectivity index (χ1v) is 5.84. The first kappa shape index (κ1) is 11.4. The molecule has 3 nitrogen and oxygen atoms in total. The van der Waals surface area contributed by atoms with E-state index in [1.165, 1.54) is 5.56 Å². The van der Waals surface area contributed by atoms with Crippen molar-refractivity contribution in [2.45, 2.75) is 26.0 Å². The standard InChI is InChI=1S/C13H19NO2/c1-10(2)16-13-6-4-3-5-11(13)12-9-15-8-7-14-12/h3-6,10,12,14H,7-9H2,1-2H3. The molecule has 16 heavy (non-hydrogen) atoms. The molecule has 0 aliphatic carbocycles. The number of hydrogen-bond acceptors (Lipinski definition) is 3. The SMILES string of the molecule is CC(C)Oc1ccccc1C1COCCN1. The lowest BCUT2D eigenvalue weighted by molar-refractivity contribution is 0.0753. The second-order valence-corrected chi connectivity index (χ2v) is 4.29. The molecule has 2 rings (SSSR count). The van der Waals surface area contributed by atoms with Gasteiger partial charge in [0.05, 0.1) is 25.4 Å². The summed E-state index contributed by atoms with van der Waals surface area (Å²) < 4.78 is 11.3. The minimum absolute atomic E-state index is 0.200. The van der Waals surface area contributed by atoms with Gasteiger partial charge >= 0.3 is 0 Å². The summed E-state index contributed by atoms with van der Waals surface area (Å²) in [5, 5.41) is 3.44. The van der Waals surface area contributed by atoms with Gasteiger partial charge in [-0.2, -0.15) is 0 Å². The quantitative estimate of drug-likeness (QED) is 0.848. The molecule has 1 aromatic rings. The number of nitrogens with one attached hydrogen (secondary N) is 1. The van der Waals surface area contributed by atoms with Crippen molar-refractivity contribution >= 4 is 0 Å². The molecule has 0 spiro atoms. The lowest BCUT2D eigenvalue weighted by Crippen LogP contribution is -2.34. The average Bonchev–Trinajstić information content (AvgIpc) is 2.30. The van der Waals surface area contributed by atoms with Gasteiger partial charge in [-0.1, -0.05) is 18.2 Å². The van der Waals surface area contributed by atoms with Crippen molar-refractivity contribution in [3.05, 3.63) is 29.8 Å². The highest BCUT2D eigenvalue weighted by Gasteiger charge is 2.18. The molecule has 1 N–H and O–H groups in total. The Hall–Kier alpha value is -1.06. The van der Waals surface area contributed by atoms with E-state index >= 15 is 0 Å². The number of para-hydroxylation sites is 1. The molecule has 1 aliphatic rings. The van der Waals surface area contributed by atoms with E-state index in [9.17, 15) is 0 Å².